The van der Waals surface area contributed by atoms with Crippen LogP contribution in [0.1, 0.15) is 105 Å². The fraction of sp³-hybridized carbons (Fsp3) is 0.293. The first-order valence-corrected chi connectivity index (χ1v) is 22.3. The lowest BCUT2D eigenvalue weighted by Crippen LogP contribution is -2.16. The lowest BCUT2D eigenvalue weighted by atomic mass is 9.86. The zero-order valence-electron chi connectivity index (χ0n) is 39.6. The van der Waals surface area contributed by atoms with Crippen LogP contribution >= 0.6 is 0 Å². The number of rotatable bonds is 8. The first-order chi connectivity index (χ1) is 29.6. The summed E-state index contributed by atoms with van der Waals surface area (Å²) in [6, 6.07) is 50.4. The molecule has 0 saturated carbocycles. The van der Waals surface area contributed by atoms with Crippen molar-refractivity contribution in [3.8, 4) is 28.4 Å². The highest BCUT2D eigenvalue weighted by atomic mass is 16.5. The molecule has 0 amide bonds. The maximum absolute atomic E-state index is 6.98. The second-order valence-electron chi connectivity index (χ2n) is 21.3. The van der Waals surface area contributed by atoms with E-state index in [1.54, 1.807) is 0 Å². The number of anilines is 4. The van der Waals surface area contributed by atoms with Gasteiger partial charge in [-0.15, -0.1) is 0 Å². The van der Waals surface area contributed by atoms with Gasteiger partial charge < -0.3 is 15.0 Å². The SMILES string of the molecule is CN(c1cc(Oc2ccc3c4ccc(C(C)(C)C)cc4n(-c4cc(C(C)(C)C)ccn4)c3c2)cc(C(C)(C)C)c1)c1cccc(-c2ccccc2)c1Nc1cccc(C(C)(C)C)c1. The molecule has 63 heavy (non-hydrogen) atoms. The van der Waals surface area contributed by atoms with Crippen molar-refractivity contribution in [3.63, 3.8) is 0 Å². The third-order valence-electron chi connectivity index (χ3n) is 12.3. The second-order valence-corrected chi connectivity index (χ2v) is 21.3. The van der Waals surface area contributed by atoms with Crippen molar-refractivity contribution in [1.82, 2.24) is 9.55 Å². The molecule has 0 atom stereocenters. The highest BCUT2D eigenvalue weighted by molar-refractivity contribution is 6.09. The van der Waals surface area contributed by atoms with Crippen LogP contribution in [0.3, 0.4) is 0 Å². The summed E-state index contributed by atoms with van der Waals surface area (Å²) in [5.41, 5.74) is 13.5. The highest BCUT2D eigenvalue weighted by Gasteiger charge is 2.24. The van der Waals surface area contributed by atoms with E-state index in [0.717, 1.165) is 67.6 Å². The summed E-state index contributed by atoms with van der Waals surface area (Å²) in [7, 11) is 2.15. The molecule has 322 valence electrons. The first kappa shape index (κ1) is 43.3. The Labute approximate surface area is 375 Å². The van der Waals surface area contributed by atoms with E-state index in [1.165, 1.54) is 27.6 Å². The quantitative estimate of drug-likeness (QED) is 0.166. The van der Waals surface area contributed by atoms with E-state index < -0.39 is 0 Å². The molecule has 8 rings (SSSR count). The normalized spacial score (nSPS) is 12.5. The van der Waals surface area contributed by atoms with E-state index in [0.29, 0.717) is 0 Å². The lowest BCUT2D eigenvalue weighted by molar-refractivity contribution is 0.479. The molecule has 5 nitrogen and oxygen atoms in total. The van der Waals surface area contributed by atoms with Crippen molar-refractivity contribution in [2.45, 2.75) is 105 Å². The Hall–Kier alpha value is -6.33. The summed E-state index contributed by atoms with van der Waals surface area (Å²) >= 11 is 0. The van der Waals surface area contributed by atoms with Crippen LogP contribution in [0.15, 0.2) is 146 Å². The molecule has 0 spiro atoms. The number of nitrogens with one attached hydrogen (secondary N) is 1. The van der Waals surface area contributed by atoms with Crippen LogP contribution in [0.2, 0.25) is 0 Å². The van der Waals surface area contributed by atoms with Gasteiger partial charge in [-0.3, -0.25) is 4.57 Å². The molecule has 2 heterocycles. The van der Waals surface area contributed by atoms with Gasteiger partial charge in [-0.05, 0) is 110 Å². The topological polar surface area (TPSA) is 42.3 Å². The van der Waals surface area contributed by atoms with Crippen LogP contribution in [0.4, 0.5) is 22.7 Å². The largest absolute Gasteiger partial charge is 0.457 e. The smallest absolute Gasteiger partial charge is 0.137 e. The van der Waals surface area contributed by atoms with Crippen LogP contribution < -0.4 is 15.0 Å². The van der Waals surface area contributed by atoms with Gasteiger partial charge in [0.05, 0.1) is 22.4 Å². The third kappa shape index (κ3) is 8.97. The van der Waals surface area contributed by atoms with Crippen LogP contribution in [-0.2, 0) is 21.7 Å². The van der Waals surface area contributed by atoms with Crippen LogP contribution in [-0.4, -0.2) is 16.6 Å². The van der Waals surface area contributed by atoms with E-state index in [9.17, 15) is 0 Å². The molecule has 0 fully saturated rings. The van der Waals surface area contributed by atoms with Gasteiger partial charge in [0.2, 0.25) is 0 Å². The molecule has 5 heteroatoms. The Morgan fingerprint density at radius 2 is 1.13 bits per heavy atom. The molecule has 0 aliphatic rings. The fourth-order valence-corrected chi connectivity index (χ4v) is 8.34. The molecule has 0 aliphatic carbocycles. The van der Waals surface area contributed by atoms with Gasteiger partial charge in [0.1, 0.15) is 17.3 Å². The van der Waals surface area contributed by atoms with Gasteiger partial charge in [-0.25, -0.2) is 4.98 Å². The third-order valence-corrected chi connectivity index (χ3v) is 12.3. The van der Waals surface area contributed by atoms with Gasteiger partial charge >= 0.3 is 0 Å². The molecule has 8 aromatic rings. The maximum atomic E-state index is 6.98. The molecule has 0 unspecified atom stereocenters. The van der Waals surface area contributed by atoms with Crippen molar-refractivity contribution < 1.29 is 4.74 Å². The average Bonchev–Trinajstić information content (AvgIpc) is 3.55. The zero-order valence-corrected chi connectivity index (χ0v) is 39.6. The Morgan fingerprint density at radius 1 is 0.508 bits per heavy atom. The highest BCUT2D eigenvalue weighted by Crippen LogP contribution is 2.44. The van der Waals surface area contributed by atoms with E-state index in [1.807, 2.05) is 6.20 Å². The van der Waals surface area contributed by atoms with Crippen molar-refractivity contribution in [2.75, 3.05) is 17.3 Å². The van der Waals surface area contributed by atoms with Gasteiger partial charge in [0.25, 0.3) is 0 Å². The molecule has 0 saturated heterocycles. The monoisotopic (exact) mass is 833 g/mol. The van der Waals surface area contributed by atoms with E-state index in [4.69, 9.17) is 9.72 Å². The number of hydrogen-bond acceptors (Lipinski definition) is 4. The number of nitrogens with zero attached hydrogens (tertiary/aromatic N) is 3. The number of para-hydroxylation sites is 1. The maximum Gasteiger partial charge on any atom is 0.137 e. The summed E-state index contributed by atoms with van der Waals surface area (Å²) < 4.78 is 9.30. The minimum absolute atomic E-state index is 0.00953. The molecule has 0 bridgehead atoms. The molecule has 6 aromatic carbocycles. The summed E-state index contributed by atoms with van der Waals surface area (Å²) in [5.74, 6) is 2.44. The van der Waals surface area contributed by atoms with Gasteiger partial charge in [0, 0.05) is 53.1 Å². The molecular formula is C58H64N4O. The Bertz CT molecular complexity index is 2950. The minimum Gasteiger partial charge on any atom is -0.457 e. The molecule has 0 radical (unpaired) electrons. The predicted octanol–water partition coefficient (Wildman–Crippen LogP) is 16.3. The van der Waals surface area contributed by atoms with Crippen molar-refractivity contribution in [3.05, 3.63) is 168 Å². The van der Waals surface area contributed by atoms with Crippen molar-refractivity contribution >= 4 is 44.6 Å². The van der Waals surface area contributed by atoms with Crippen LogP contribution in [0, 0.1) is 0 Å². The lowest BCUT2D eigenvalue weighted by Gasteiger charge is -2.28. The van der Waals surface area contributed by atoms with E-state index in [-0.39, 0.29) is 21.7 Å². The predicted molar refractivity (Wildman–Crippen MR) is 270 cm³/mol. The van der Waals surface area contributed by atoms with Crippen LogP contribution in [0.5, 0.6) is 11.5 Å². The summed E-state index contributed by atoms with van der Waals surface area (Å²) in [4.78, 5) is 7.27. The standard InChI is InChI=1S/C58H64N4O/c1-55(2,3)39-21-17-22-43(31-39)60-54-47(38-19-15-14-16-20-38)23-18-24-50(54)61(13)44-32-42(58(10,11)12)33-46(36-44)63-45-26-28-49-48-27-25-40(56(4,5)6)34-51(48)62(52(49)37-45)53-35-41(29-30-59-53)57(7,8)9/h14-37,60H,1-13H3. The number of benzene rings is 6. The van der Waals surface area contributed by atoms with E-state index in [2.05, 4.69) is 244 Å². The Morgan fingerprint density at radius 3 is 1.81 bits per heavy atom. The summed E-state index contributed by atoms with van der Waals surface area (Å²) in [5, 5.41) is 6.25. The number of fused-ring (bicyclic) bond motifs is 3. The number of ether oxygens (including phenoxy) is 1. The summed E-state index contributed by atoms with van der Waals surface area (Å²) in [6.45, 7) is 27.1. The Kier molecular flexibility index (Phi) is 11.1. The van der Waals surface area contributed by atoms with Gasteiger partial charge in [0.15, 0.2) is 0 Å². The van der Waals surface area contributed by atoms with E-state index >= 15 is 0 Å². The second kappa shape index (κ2) is 16.1. The van der Waals surface area contributed by atoms with Crippen molar-refractivity contribution in [1.29, 1.82) is 0 Å². The van der Waals surface area contributed by atoms with Gasteiger partial charge in [-0.1, -0.05) is 150 Å². The fourth-order valence-electron chi connectivity index (χ4n) is 8.34. The summed E-state index contributed by atoms with van der Waals surface area (Å²) in [6.07, 6.45) is 1.94. The molecule has 2 aromatic heterocycles. The Balaban J connectivity index is 1.25. The zero-order chi connectivity index (χ0) is 45.1. The van der Waals surface area contributed by atoms with Gasteiger partial charge in [-0.2, -0.15) is 0 Å². The number of hydrogen-bond donors (Lipinski definition) is 1. The number of aromatic nitrogens is 2. The van der Waals surface area contributed by atoms with Crippen LogP contribution in [0.25, 0.3) is 38.8 Å². The first-order valence-electron chi connectivity index (χ1n) is 22.3. The number of pyridine rings is 1. The molecular weight excluding hydrogens is 769 g/mol. The average molecular weight is 833 g/mol. The molecule has 0 aliphatic heterocycles. The minimum atomic E-state index is -0.139. The molecule has 1 N–H and O–H groups in total. The van der Waals surface area contributed by atoms with Crippen molar-refractivity contribution in [2.24, 2.45) is 0 Å².